The fourth-order valence-corrected chi connectivity index (χ4v) is 4.46. The lowest BCUT2D eigenvalue weighted by Gasteiger charge is -2.33. The first kappa shape index (κ1) is 23.2. The molecule has 1 saturated heterocycles. The van der Waals surface area contributed by atoms with Crippen LogP contribution in [0.15, 0.2) is 61.1 Å². The summed E-state index contributed by atoms with van der Waals surface area (Å²) < 4.78 is 2.06. The number of nitrogens with one attached hydrogen (secondary N) is 2. The first-order chi connectivity index (χ1) is 17.0. The van der Waals surface area contributed by atoms with Crippen molar-refractivity contribution in [1.29, 1.82) is 0 Å². The SMILES string of the molecule is CC1CN(c2ccc(Nc3ncc4ccn(Cc5cccnc5C(O)N(C)C)c4n3)cc2)CCN1. The van der Waals surface area contributed by atoms with Crippen LogP contribution < -0.4 is 15.5 Å². The minimum absolute atomic E-state index is 0.492. The fraction of sp³-hybridized carbons (Fsp3) is 0.346. The van der Waals surface area contributed by atoms with Gasteiger partial charge in [-0.25, -0.2) is 4.98 Å². The zero-order valence-corrected chi connectivity index (χ0v) is 20.4. The van der Waals surface area contributed by atoms with Crippen molar-refractivity contribution in [1.82, 2.24) is 29.7 Å². The number of aliphatic hydroxyl groups is 1. The summed E-state index contributed by atoms with van der Waals surface area (Å²) in [5, 5.41) is 18.3. The summed E-state index contributed by atoms with van der Waals surface area (Å²) in [5.41, 5.74) is 4.57. The van der Waals surface area contributed by atoms with Gasteiger partial charge in [-0.15, -0.1) is 0 Å². The van der Waals surface area contributed by atoms with E-state index < -0.39 is 6.23 Å². The monoisotopic (exact) mass is 472 g/mol. The lowest BCUT2D eigenvalue weighted by Crippen LogP contribution is -2.49. The molecule has 0 bridgehead atoms. The number of rotatable bonds is 7. The summed E-state index contributed by atoms with van der Waals surface area (Å²) >= 11 is 0. The molecule has 4 aromatic rings. The molecule has 182 valence electrons. The van der Waals surface area contributed by atoms with Gasteiger partial charge in [0, 0.05) is 61.0 Å². The van der Waals surface area contributed by atoms with Gasteiger partial charge in [0.15, 0.2) is 0 Å². The molecule has 3 aromatic heterocycles. The van der Waals surface area contributed by atoms with E-state index in [1.165, 1.54) is 5.69 Å². The maximum Gasteiger partial charge on any atom is 0.229 e. The van der Waals surface area contributed by atoms with Crippen molar-refractivity contribution < 1.29 is 5.11 Å². The molecule has 0 aliphatic carbocycles. The quantitative estimate of drug-likeness (QED) is 0.354. The van der Waals surface area contributed by atoms with Crippen LogP contribution in [-0.4, -0.2) is 69.3 Å². The molecule has 0 saturated carbocycles. The number of anilines is 3. The molecule has 35 heavy (non-hydrogen) atoms. The molecule has 9 nitrogen and oxygen atoms in total. The van der Waals surface area contributed by atoms with Crippen molar-refractivity contribution in [2.75, 3.05) is 43.9 Å². The molecule has 9 heteroatoms. The van der Waals surface area contributed by atoms with Gasteiger partial charge in [0.05, 0.1) is 12.2 Å². The molecular weight excluding hydrogens is 440 g/mol. The number of benzene rings is 1. The van der Waals surface area contributed by atoms with Gasteiger partial charge in [0.1, 0.15) is 11.9 Å². The van der Waals surface area contributed by atoms with E-state index in [1.807, 2.05) is 44.7 Å². The number of aromatic nitrogens is 4. The number of hydrogen-bond donors (Lipinski definition) is 3. The highest BCUT2D eigenvalue weighted by Gasteiger charge is 2.18. The molecule has 0 amide bonds. The van der Waals surface area contributed by atoms with Crippen molar-refractivity contribution >= 4 is 28.4 Å². The van der Waals surface area contributed by atoms with Crippen LogP contribution in [0.1, 0.15) is 24.4 Å². The molecule has 0 radical (unpaired) electrons. The third-order valence-corrected chi connectivity index (χ3v) is 6.36. The maximum absolute atomic E-state index is 10.6. The van der Waals surface area contributed by atoms with Gasteiger partial charge in [-0.3, -0.25) is 9.88 Å². The predicted molar refractivity (Wildman–Crippen MR) is 139 cm³/mol. The molecule has 2 unspecified atom stereocenters. The maximum atomic E-state index is 10.6. The number of fused-ring (bicyclic) bond motifs is 1. The predicted octanol–water partition coefficient (Wildman–Crippen LogP) is 2.97. The number of piperazine rings is 1. The third-order valence-electron chi connectivity index (χ3n) is 6.36. The second-order valence-corrected chi connectivity index (χ2v) is 9.27. The molecule has 1 fully saturated rings. The summed E-state index contributed by atoms with van der Waals surface area (Å²) in [6.45, 7) is 5.78. The Bertz CT molecular complexity index is 1290. The van der Waals surface area contributed by atoms with Gasteiger partial charge in [0.2, 0.25) is 5.95 Å². The zero-order chi connectivity index (χ0) is 24.4. The normalized spacial score (nSPS) is 17.2. The highest BCUT2D eigenvalue weighted by Crippen LogP contribution is 2.24. The van der Waals surface area contributed by atoms with Gasteiger partial charge < -0.3 is 25.2 Å². The van der Waals surface area contributed by atoms with Gasteiger partial charge in [0.25, 0.3) is 0 Å². The van der Waals surface area contributed by atoms with Crippen LogP contribution in [0.2, 0.25) is 0 Å². The first-order valence-electron chi connectivity index (χ1n) is 11.9. The van der Waals surface area contributed by atoms with Crippen LogP contribution in [0, 0.1) is 0 Å². The number of nitrogens with zero attached hydrogens (tertiary/aromatic N) is 6. The summed E-state index contributed by atoms with van der Waals surface area (Å²) in [5.74, 6) is 0.542. The largest absolute Gasteiger partial charge is 0.372 e. The van der Waals surface area contributed by atoms with Gasteiger partial charge in [-0.1, -0.05) is 6.07 Å². The molecule has 0 spiro atoms. The third kappa shape index (κ3) is 5.12. The lowest BCUT2D eigenvalue weighted by molar-refractivity contribution is 0.0349. The molecule has 4 heterocycles. The van der Waals surface area contributed by atoms with Crippen LogP contribution in [0.3, 0.4) is 0 Å². The van der Waals surface area contributed by atoms with Crippen LogP contribution >= 0.6 is 0 Å². The fourth-order valence-electron chi connectivity index (χ4n) is 4.46. The Morgan fingerprint density at radius 2 is 2.00 bits per heavy atom. The first-order valence-corrected chi connectivity index (χ1v) is 11.9. The Labute approximate surface area is 205 Å². The van der Waals surface area contributed by atoms with E-state index >= 15 is 0 Å². The highest BCUT2D eigenvalue weighted by molar-refractivity contribution is 5.77. The minimum atomic E-state index is -0.771. The molecular formula is C26H32N8O. The highest BCUT2D eigenvalue weighted by atomic mass is 16.3. The van der Waals surface area contributed by atoms with E-state index in [9.17, 15) is 5.11 Å². The molecule has 1 aromatic carbocycles. The van der Waals surface area contributed by atoms with Crippen molar-refractivity contribution in [2.45, 2.75) is 25.7 Å². The van der Waals surface area contributed by atoms with Crippen LogP contribution in [-0.2, 0) is 6.54 Å². The van der Waals surface area contributed by atoms with E-state index in [4.69, 9.17) is 4.98 Å². The van der Waals surface area contributed by atoms with Crippen LogP contribution in [0.5, 0.6) is 0 Å². The minimum Gasteiger partial charge on any atom is -0.372 e. The second-order valence-electron chi connectivity index (χ2n) is 9.27. The second kappa shape index (κ2) is 9.99. The van der Waals surface area contributed by atoms with Crippen molar-refractivity contribution in [3.05, 3.63) is 72.3 Å². The topological polar surface area (TPSA) is 94.4 Å². The van der Waals surface area contributed by atoms with Crippen molar-refractivity contribution in [2.24, 2.45) is 0 Å². The van der Waals surface area contributed by atoms with E-state index in [2.05, 4.69) is 61.3 Å². The molecule has 1 aliphatic rings. The molecule has 2 atom stereocenters. The number of pyridine rings is 1. The van der Waals surface area contributed by atoms with E-state index in [0.29, 0.717) is 24.2 Å². The van der Waals surface area contributed by atoms with Crippen LogP contribution in [0.25, 0.3) is 11.0 Å². The summed E-state index contributed by atoms with van der Waals surface area (Å²) in [6, 6.07) is 14.8. The summed E-state index contributed by atoms with van der Waals surface area (Å²) in [6.07, 6.45) is 4.76. The van der Waals surface area contributed by atoms with E-state index in [0.717, 1.165) is 41.9 Å². The van der Waals surface area contributed by atoms with E-state index in [1.54, 1.807) is 11.1 Å². The molecule has 3 N–H and O–H groups in total. The summed E-state index contributed by atoms with van der Waals surface area (Å²) in [4.78, 5) is 17.8. The molecule has 5 rings (SSSR count). The Morgan fingerprint density at radius 1 is 1.17 bits per heavy atom. The Balaban J connectivity index is 1.35. The lowest BCUT2D eigenvalue weighted by atomic mass is 10.1. The van der Waals surface area contributed by atoms with Gasteiger partial charge in [-0.2, -0.15) is 4.98 Å². The smallest absolute Gasteiger partial charge is 0.229 e. The van der Waals surface area contributed by atoms with Crippen molar-refractivity contribution in [3.63, 3.8) is 0 Å². The Morgan fingerprint density at radius 3 is 2.77 bits per heavy atom. The number of aliphatic hydroxyl groups excluding tert-OH is 1. The Kier molecular flexibility index (Phi) is 6.63. The number of hydrogen-bond acceptors (Lipinski definition) is 8. The van der Waals surface area contributed by atoms with Crippen molar-refractivity contribution in [3.8, 4) is 0 Å². The van der Waals surface area contributed by atoms with Gasteiger partial charge in [-0.05, 0) is 63.0 Å². The van der Waals surface area contributed by atoms with Gasteiger partial charge >= 0.3 is 0 Å². The Hall–Kier alpha value is -3.53. The zero-order valence-electron chi connectivity index (χ0n) is 20.4. The standard InChI is InChI=1S/C26H32N8O/c1-18-16-33(14-12-27-18)22-8-6-21(7-9-22)30-26-29-15-19-10-13-34(24(19)31-26)17-20-5-4-11-28-23(20)25(35)32(2)3/h4-11,13,15,18,25,27,35H,12,14,16-17H2,1-3H3,(H,29,30,31). The summed E-state index contributed by atoms with van der Waals surface area (Å²) in [7, 11) is 3.66. The molecule has 1 aliphatic heterocycles. The van der Waals surface area contributed by atoms with Crippen LogP contribution in [0.4, 0.5) is 17.3 Å². The average molecular weight is 473 g/mol. The average Bonchev–Trinajstić information content (AvgIpc) is 3.26. The van der Waals surface area contributed by atoms with E-state index in [-0.39, 0.29) is 0 Å².